The third kappa shape index (κ3) is 5.23. The molecule has 2 aromatic rings. The van der Waals surface area contributed by atoms with Gasteiger partial charge in [-0.1, -0.05) is 42.5 Å². The van der Waals surface area contributed by atoms with Crippen LogP contribution in [0.4, 0.5) is 5.69 Å². The largest absolute Gasteiger partial charge is 0.385 e. The highest BCUT2D eigenvalue weighted by atomic mass is 16.1. The number of anilines is 1. The lowest BCUT2D eigenvalue weighted by atomic mass is 9.89. The van der Waals surface area contributed by atoms with E-state index in [1.54, 1.807) is 0 Å². The molecule has 2 heterocycles. The summed E-state index contributed by atoms with van der Waals surface area (Å²) < 4.78 is 0. The Labute approximate surface area is 169 Å². The number of hydrogen-bond acceptors (Lipinski definition) is 3. The van der Waals surface area contributed by atoms with Crippen LogP contribution in [0.25, 0.3) is 0 Å². The molecule has 2 aromatic carbocycles. The summed E-state index contributed by atoms with van der Waals surface area (Å²) in [5, 5.41) is 3.53. The summed E-state index contributed by atoms with van der Waals surface area (Å²) in [4.78, 5) is 15.2. The number of Topliss-reactive ketones (excluding diaryl/α,β-unsaturated/α-hetero) is 1. The van der Waals surface area contributed by atoms with Gasteiger partial charge in [0.15, 0.2) is 0 Å². The van der Waals surface area contributed by atoms with Gasteiger partial charge >= 0.3 is 0 Å². The van der Waals surface area contributed by atoms with Crippen molar-refractivity contribution < 1.29 is 4.79 Å². The van der Waals surface area contributed by atoms with Crippen LogP contribution in [0, 0.1) is 5.92 Å². The molecule has 3 nitrogen and oxygen atoms in total. The van der Waals surface area contributed by atoms with Crippen LogP contribution in [0.15, 0.2) is 48.5 Å². The van der Waals surface area contributed by atoms with Gasteiger partial charge in [-0.3, -0.25) is 9.69 Å². The van der Waals surface area contributed by atoms with Crippen LogP contribution >= 0.6 is 0 Å². The molecule has 1 N–H and O–H groups in total. The number of nitrogens with zero attached hydrogens (tertiary/aromatic N) is 1. The Balaban J connectivity index is 1.24. The third-order valence-corrected chi connectivity index (χ3v) is 6.24. The van der Waals surface area contributed by atoms with Crippen LogP contribution in [-0.2, 0) is 24.2 Å². The number of fused-ring (bicyclic) bond motifs is 1. The van der Waals surface area contributed by atoms with Crippen LogP contribution in [0.2, 0.25) is 0 Å². The summed E-state index contributed by atoms with van der Waals surface area (Å²) in [7, 11) is 0. The minimum atomic E-state index is 0.398. The van der Waals surface area contributed by atoms with Gasteiger partial charge in [0.1, 0.15) is 5.78 Å². The smallest absolute Gasteiger partial charge is 0.137 e. The lowest BCUT2D eigenvalue weighted by molar-refractivity contribution is -0.119. The molecular formula is C25H32N2O. The molecule has 0 unspecified atom stereocenters. The van der Waals surface area contributed by atoms with Crippen molar-refractivity contribution >= 4 is 11.5 Å². The first kappa shape index (κ1) is 19.2. The highest BCUT2D eigenvalue weighted by Gasteiger charge is 2.21. The fourth-order valence-electron chi connectivity index (χ4n) is 4.59. The van der Waals surface area contributed by atoms with Crippen LogP contribution in [0.1, 0.15) is 48.8 Å². The van der Waals surface area contributed by atoms with E-state index in [-0.39, 0.29) is 0 Å². The summed E-state index contributed by atoms with van der Waals surface area (Å²) in [5.41, 5.74) is 5.20. The predicted molar refractivity (Wildman–Crippen MR) is 116 cm³/mol. The Morgan fingerprint density at radius 3 is 2.64 bits per heavy atom. The lowest BCUT2D eigenvalue weighted by Gasteiger charge is -2.31. The van der Waals surface area contributed by atoms with Gasteiger partial charge < -0.3 is 5.32 Å². The van der Waals surface area contributed by atoms with Gasteiger partial charge in [0.2, 0.25) is 0 Å². The molecule has 148 valence electrons. The molecule has 0 radical (unpaired) electrons. The minimum Gasteiger partial charge on any atom is -0.385 e. The molecule has 1 fully saturated rings. The molecule has 2 aliphatic heterocycles. The van der Waals surface area contributed by atoms with Crippen molar-refractivity contribution in [3.05, 3.63) is 65.2 Å². The molecule has 2 aliphatic rings. The number of likely N-dealkylation sites (tertiary alicyclic amines) is 1. The Bertz CT molecular complexity index is 778. The zero-order valence-corrected chi connectivity index (χ0v) is 16.8. The molecule has 0 saturated carbocycles. The monoisotopic (exact) mass is 376 g/mol. The molecule has 0 spiro atoms. The maximum Gasteiger partial charge on any atom is 0.137 e. The molecule has 4 rings (SSSR count). The number of aryl methyl sites for hydroxylation is 1. The van der Waals surface area contributed by atoms with E-state index in [0.717, 1.165) is 51.9 Å². The maximum absolute atomic E-state index is 12.7. The second-order valence-electron chi connectivity index (χ2n) is 8.50. The summed E-state index contributed by atoms with van der Waals surface area (Å²) >= 11 is 0. The summed E-state index contributed by atoms with van der Waals surface area (Å²) in [6.45, 7) is 4.29. The van der Waals surface area contributed by atoms with Crippen molar-refractivity contribution in [3.8, 4) is 0 Å². The average molecular weight is 377 g/mol. The van der Waals surface area contributed by atoms with Gasteiger partial charge in [0.05, 0.1) is 0 Å². The zero-order valence-electron chi connectivity index (χ0n) is 16.8. The van der Waals surface area contributed by atoms with Crippen LogP contribution < -0.4 is 5.32 Å². The fraction of sp³-hybridized carbons (Fsp3) is 0.480. The van der Waals surface area contributed by atoms with Gasteiger partial charge in [0, 0.05) is 31.6 Å². The Hall–Kier alpha value is -2.13. The van der Waals surface area contributed by atoms with Crippen molar-refractivity contribution in [2.45, 2.75) is 51.5 Å². The first-order valence-corrected chi connectivity index (χ1v) is 10.9. The van der Waals surface area contributed by atoms with Gasteiger partial charge in [-0.05, 0) is 73.9 Å². The van der Waals surface area contributed by atoms with E-state index in [2.05, 4.69) is 58.7 Å². The van der Waals surface area contributed by atoms with Gasteiger partial charge in [-0.25, -0.2) is 0 Å². The summed E-state index contributed by atoms with van der Waals surface area (Å²) in [6, 6.07) is 17.3. The number of hydrogen-bond donors (Lipinski definition) is 1. The number of rotatable bonds is 6. The van der Waals surface area contributed by atoms with Crippen LogP contribution in [-0.4, -0.2) is 30.3 Å². The van der Waals surface area contributed by atoms with Crippen LogP contribution in [0.3, 0.4) is 0 Å². The van der Waals surface area contributed by atoms with E-state index < -0.39 is 0 Å². The summed E-state index contributed by atoms with van der Waals surface area (Å²) in [5.74, 6) is 0.952. The quantitative estimate of drug-likeness (QED) is 0.782. The molecular weight excluding hydrogens is 344 g/mol. The van der Waals surface area contributed by atoms with Crippen molar-refractivity contribution in [2.24, 2.45) is 5.92 Å². The average Bonchev–Trinajstić information content (AvgIpc) is 2.95. The summed E-state index contributed by atoms with van der Waals surface area (Å²) in [6.07, 6.45) is 7.24. The molecule has 3 heteroatoms. The van der Waals surface area contributed by atoms with E-state index in [9.17, 15) is 4.79 Å². The molecule has 0 aliphatic carbocycles. The molecule has 1 saturated heterocycles. The number of ketones is 1. The third-order valence-electron chi connectivity index (χ3n) is 6.24. The van der Waals surface area contributed by atoms with Crippen molar-refractivity contribution in [2.75, 3.05) is 25.0 Å². The first-order chi connectivity index (χ1) is 13.8. The number of piperidine rings is 1. The normalized spacial score (nSPS) is 18.1. The minimum absolute atomic E-state index is 0.398. The van der Waals surface area contributed by atoms with Crippen molar-refractivity contribution in [1.29, 1.82) is 0 Å². The van der Waals surface area contributed by atoms with E-state index in [0.29, 0.717) is 18.1 Å². The Kier molecular flexibility index (Phi) is 6.43. The molecule has 0 atom stereocenters. The second kappa shape index (κ2) is 9.38. The number of nitrogens with one attached hydrogen (secondary N) is 1. The molecule has 0 aromatic heterocycles. The molecule has 0 amide bonds. The topological polar surface area (TPSA) is 32.3 Å². The van der Waals surface area contributed by atoms with Gasteiger partial charge in [-0.15, -0.1) is 0 Å². The van der Waals surface area contributed by atoms with Gasteiger partial charge in [0.25, 0.3) is 0 Å². The number of benzene rings is 2. The van der Waals surface area contributed by atoms with E-state index >= 15 is 0 Å². The van der Waals surface area contributed by atoms with E-state index in [4.69, 9.17) is 0 Å². The number of carbonyl (C=O) groups is 1. The Morgan fingerprint density at radius 2 is 1.82 bits per heavy atom. The van der Waals surface area contributed by atoms with E-state index in [1.807, 2.05) is 0 Å². The predicted octanol–water partition coefficient (Wildman–Crippen LogP) is 4.85. The molecule has 0 bridgehead atoms. The van der Waals surface area contributed by atoms with Crippen LogP contribution in [0.5, 0.6) is 0 Å². The van der Waals surface area contributed by atoms with Gasteiger partial charge in [-0.2, -0.15) is 0 Å². The molecule has 28 heavy (non-hydrogen) atoms. The highest BCUT2D eigenvalue weighted by molar-refractivity contribution is 5.81. The fourth-order valence-corrected chi connectivity index (χ4v) is 4.59. The van der Waals surface area contributed by atoms with E-state index in [1.165, 1.54) is 35.2 Å². The maximum atomic E-state index is 12.7. The zero-order chi connectivity index (χ0) is 19.2. The van der Waals surface area contributed by atoms with Crippen molar-refractivity contribution in [3.63, 3.8) is 0 Å². The Morgan fingerprint density at radius 1 is 1.00 bits per heavy atom. The lowest BCUT2D eigenvalue weighted by Crippen LogP contribution is -2.34. The first-order valence-electron chi connectivity index (χ1n) is 10.9. The second-order valence-corrected chi connectivity index (χ2v) is 8.50. The van der Waals surface area contributed by atoms with Crippen molar-refractivity contribution in [1.82, 2.24) is 4.90 Å². The highest BCUT2D eigenvalue weighted by Crippen LogP contribution is 2.25. The number of carbonyl (C=O) groups excluding carboxylic acids is 1. The SMILES string of the molecule is O=C(Cc1ccc2c(c1)NCCCC2)CC1CCN(Cc2ccccc2)CC1. The standard InChI is InChI=1S/C25H32N2O/c28-24(17-22-9-10-23-8-4-5-13-26-25(23)18-22)16-20-11-14-27(15-12-20)19-21-6-2-1-3-7-21/h1-3,6-7,9-10,18,20,26H,4-5,8,11-17,19H2.